The first kappa shape index (κ1) is 21.5. The number of hydrogen-bond donors (Lipinski definition) is 1. The summed E-state index contributed by atoms with van der Waals surface area (Å²) in [6.07, 6.45) is 11.5. The Hall–Kier alpha value is -0.690. The fraction of sp³-hybridized carbons (Fsp3) is 0.826. The van der Waals surface area contributed by atoms with Crippen LogP contribution in [-0.2, 0) is 4.74 Å². The molecule has 4 aliphatic rings. The molecule has 1 N–H and O–H groups in total. The summed E-state index contributed by atoms with van der Waals surface area (Å²) < 4.78 is 6.61. The standard InChI is InChI=1S/C23H37N3O2S/c1-4-6-17(27)13-15-7-12-19-20(15)21-22(24-14-25-23(21)29-19)28-18-10-8-16(9-11-18)26(3)5-2/h14-18,21-22,27H,4-13H2,1-3H3. The lowest BCUT2D eigenvalue weighted by molar-refractivity contribution is -0.0456. The fourth-order valence-electron chi connectivity index (χ4n) is 5.53. The Kier molecular flexibility index (Phi) is 7.15. The van der Waals surface area contributed by atoms with Crippen LogP contribution >= 0.6 is 11.8 Å². The van der Waals surface area contributed by atoms with Gasteiger partial charge in [-0.2, -0.15) is 0 Å². The Morgan fingerprint density at radius 3 is 2.76 bits per heavy atom. The molecule has 5 nitrogen and oxygen atoms in total. The van der Waals surface area contributed by atoms with Crippen molar-refractivity contribution in [2.75, 3.05) is 13.6 Å². The second-order valence-electron chi connectivity index (χ2n) is 9.13. The predicted octanol–water partition coefficient (Wildman–Crippen LogP) is 4.61. The van der Waals surface area contributed by atoms with Crippen LogP contribution in [0, 0.1) is 11.8 Å². The third-order valence-corrected chi connectivity index (χ3v) is 8.53. The van der Waals surface area contributed by atoms with Crippen molar-refractivity contribution in [3.8, 4) is 0 Å². The molecule has 0 aromatic rings. The van der Waals surface area contributed by atoms with E-state index in [-0.39, 0.29) is 18.2 Å². The van der Waals surface area contributed by atoms with Crippen molar-refractivity contribution < 1.29 is 9.84 Å². The van der Waals surface area contributed by atoms with Crippen LogP contribution < -0.4 is 0 Å². The maximum Gasteiger partial charge on any atom is 0.163 e. The van der Waals surface area contributed by atoms with Gasteiger partial charge in [-0.15, -0.1) is 0 Å². The number of thioether (sulfide) groups is 1. The largest absolute Gasteiger partial charge is 0.393 e. The molecule has 4 unspecified atom stereocenters. The Balaban J connectivity index is 1.40. The number of fused-ring (bicyclic) bond motifs is 2. The summed E-state index contributed by atoms with van der Waals surface area (Å²) >= 11 is 1.85. The van der Waals surface area contributed by atoms with Gasteiger partial charge < -0.3 is 14.7 Å². The van der Waals surface area contributed by atoms with Gasteiger partial charge in [-0.1, -0.05) is 32.0 Å². The first-order valence-electron chi connectivity index (χ1n) is 11.6. The molecule has 4 rings (SSSR count). The molecule has 2 aliphatic carbocycles. The number of rotatable bonds is 8. The van der Waals surface area contributed by atoms with Gasteiger partial charge in [-0.05, 0) is 81.4 Å². The van der Waals surface area contributed by atoms with Gasteiger partial charge >= 0.3 is 0 Å². The summed E-state index contributed by atoms with van der Waals surface area (Å²) in [6, 6.07) is 0.697. The second kappa shape index (κ2) is 9.63. The van der Waals surface area contributed by atoms with Crippen LogP contribution in [0.3, 0.4) is 0 Å². The van der Waals surface area contributed by atoms with E-state index in [1.165, 1.54) is 28.4 Å². The van der Waals surface area contributed by atoms with E-state index in [1.807, 2.05) is 11.8 Å². The third-order valence-electron chi connectivity index (χ3n) is 7.27. The highest BCUT2D eigenvalue weighted by molar-refractivity contribution is 8.17. The Morgan fingerprint density at radius 2 is 2.03 bits per heavy atom. The van der Waals surface area contributed by atoms with Crippen molar-refractivity contribution in [1.82, 2.24) is 4.90 Å². The second-order valence-corrected chi connectivity index (χ2v) is 10.2. The normalized spacial score (nSPS) is 35.1. The van der Waals surface area contributed by atoms with Crippen molar-refractivity contribution in [3.05, 3.63) is 10.5 Å². The zero-order valence-electron chi connectivity index (χ0n) is 18.2. The van der Waals surface area contributed by atoms with Gasteiger partial charge in [0.1, 0.15) is 6.34 Å². The van der Waals surface area contributed by atoms with E-state index in [0.717, 1.165) is 51.5 Å². The molecule has 1 saturated carbocycles. The number of aliphatic imine (C=N–C) groups is 2. The molecule has 0 aromatic heterocycles. The highest BCUT2D eigenvalue weighted by Gasteiger charge is 2.46. The Bertz CT molecular complexity index is 669. The van der Waals surface area contributed by atoms with Crippen LogP contribution in [0.25, 0.3) is 0 Å². The van der Waals surface area contributed by atoms with E-state index >= 15 is 0 Å². The number of aliphatic hydroxyl groups excluding tert-OH is 1. The van der Waals surface area contributed by atoms with Crippen LogP contribution in [0.4, 0.5) is 0 Å². The van der Waals surface area contributed by atoms with E-state index in [9.17, 15) is 5.11 Å². The average Bonchev–Trinajstić information content (AvgIpc) is 3.28. The van der Waals surface area contributed by atoms with Crippen LogP contribution in [-0.4, -0.2) is 59.5 Å². The van der Waals surface area contributed by atoms with Gasteiger partial charge in [0.25, 0.3) is 0 Å². The molecule has 0 bridgehead atoms. The van der Waals surface area contributed by atoms with Crippen LogP contribution in [0.15, 0.2) is 20.5 Å². The first-order valence-corrected chi connectivity index (χ1v) is 12.5. The lowest BCUT2D eigenvalue weighted by Gasteiger charge is -2.36. The van der Waals surface area contributed by atoms with Crippen molar-refractivity contribution in [2.45, 2.75) is 96.1 Å². The van der Waals surface area contributed by atoms with E-state index in [2.05, 4.69) is 30.8 Å². The maximum atomic E-state index is 10.4. The average molecular weight is 420 g/mol. The van der Waals surface area contributed by atoms with Crippen LogP contribution in [0.5, 0.6) is 0 Å². The minimum absolute atomic E-state index is 0.128. The summed E-state index contributed by atoms with van der Waals surface area (Å²) in [6.45, 7) is 5.49. The molecule has 0 saturated heterocycles. The lowest BCUT2D eigenvalue weighted by Crippen LogP contribution is -2.40. The molecule has 0 amide bonds. The summed E-state index contributed by atoms with van der Waals surface area (Å²) in [7, 11) is 2.23. The highest BCUT2D eigenvalue weighted by Crippen LogP contribution is 2.54. The Labute approximate surface area is 180 Å². The van der Waals surface area contributed by atoms with Crippen LogP contribution in [0.1, 0.15) is 71.6 Å². The van der Waals surface area contributed by atoms with Gasteiger partial charge in [0.05, 0.1) is 23.2 Å². The van der Waals surface area contributed by atoms with Gasteiger partial charge in [0, 0.05) is 6.04 Å². The van der Waals surface area contributed by atoms with Crippen molar-refractivity contribution in [1.29, 1.82) is 0 Å². The lowest BCUT2D eigenvalue weighted by atomic mass is 9.84. The molecular weight excluding hydrogens is 382 g/mol. The highest BCUT2D eigenvalue weighted by atomic mass is 32.2. The molecule has 2 aliphatic heterocycles. The monoisotopic (exact) mass is 419 g/mol. The molecule has 29 heavy (non-hydrogen) atoms. The van der Waals surface area contributed by atoms with Crippen molar-refractivity contribution >= 4 is 23.1 Å². The number of hydrogen-bond acceptors (Lipinski definition) is 6. The molecule has 0 aromatic carbocycles. The molecular formula is C23H37N3O2S. The van der Waals surface area contributed by atoms with Gasteiger partial charge in [0.2, 0.25) is 0 Å². The number of ether oxygens (including phenoxy) is 1. The summed E-state index contributed by atoms with van der Waals surface area (Å²) in [5.41, 5.74) is 1.49. The molecule has 2 heterocycles. The van der Waals surface area contributed by atoms with E-state index in [1.54, 1.807) is 6.34 Å². The number of aliphatic hydroxyl groups is 1. The van der Waals surface area contributed by atoms with Crippen molar-refractivity contribution in [3.63, 3.8) is 0 Å². The summed E-state index contributed by atoms with van der Waals surface area (Å²) in [5.74, 6) is 0.655. The van der Waals surface area contributed by atoms with E-state index in [0.29, 0.717) is 18.1 Å². The molecule has 0 spiro atoms. The molecule has 6 heteroatoms. The van der Waals surface area contributed by atoms with Gasteiger partial charge in [0.15, 0.2) is 6.23 Å². The minimum atomic E-state index is -0.194. The molecule has 0 radical (unpaired) electrons. The zero-order valence-corrected chi connectivity index (χ0v) is 19.0. The maximum absolute atomic E-state index is 10.4. The number of nitrogens with zero attached hydrogens (tertiary/aromatic N) is 3. The van der Waals surface area contributed by atoms with Gasteiger partial charge in [-0.3, -0.25) is 0 Å². The molecule has 162 valence electrons. The SMILES string of the molecule is CCCC(O)CC1CCC2=C1C1C(=NC=NC1OC1CCC(N(C)CC)CC1)S2. The van der Waals surface area contributed by atoms with E-state index < -0.39 is 0 Å². The van der Waals surface area contributed by atoms with Gasteiger partial charge in [-0.25, -0.2) is 9.98 Å². The quantitative estimate of drug-likeness (QED) is 0.624. The molecule has 1 fully saturated rings. The zero-order chi connectivity index (χ0) is 20.4. The minimum Gasteiger partial charge on any atom is -0.393 e. The first-order chi connectivity index (χ1) is 14.1. The third kappa shape index (κ3) is 4.65. The Morgan fingerprint density at radius 1 is 1.24 bits per heavy atom. The summed E-state index contributed by atoms with van der Waals surface area (Å²) in [4.78, 5) is 13.3. The van der Waals surface area contributed by atoms with Crippen LogP contribution in [0.2, 0.25) is 0 Å². The topological polar surface area (TPSA) is 57.4 Å². The number of allylic oxidation sites excluding steroid dienone is 1. The smallest absolute Gasteiger partial charge is 0.163 e. The molecule has 4 atom stereocenters. The van der Waals surface area contributed by atoms with E-state index in [4.69, 9.17) is 9.73 Å². The predicted molar refractivity (Wildman–Crippen MR) is 122 cm³/mol. The summed E-state index contributed by atoms with van der Waals surface area (Å²) in [5, 5.41) is 11.6. The fourth-order valence-corrected chi connectivity index (χ4v) is 6.89. The van der Waals surface area contributed by atoms with Crippen molar-refractivity contribution in [2.24, 2.45) is 21.8 Å².